The maximum atomic E-state index is 13.1. The fourth-order valence-corrected chi connectivity index (χ4v) is 4.20. The van der Waals surface area contributed by atoms with Crippen molar-refractivity contribution in [1.82, 2.24) is 3.56 Å². The Labute approximate surface area is 122 Å². The number of nitrogens with zero attached hydrogens (tertiary/aromatic N) is 1. The van der Waals surface area contributed by atoms with Crippen LogP contribution < -0.4 is 5.56 Å². The van der Waals surface area contributed by atoms with Gasteiger partial charge in [0, 0.05) is 0 Å². The Bertz CT molecular complexity index is 879. The van der Waals surface area contributed by atoms with Crippen LogP contribution in [0.15, 0.2) is 47.3 Å². The first kappa shape index (κ1) is 14.1. The molecule has 0 spiro atoms. The second-order valence-electron chi connectivity index (χ2n) is 4.35. The van der Waals surface area contributed by atoms with Crippen LogP contribution >= 0.6 is 0 Å². The summed E-state index contributed by atoms with van der Waals surface area (Å²) >= 11 is -0.592. The van der Waals surface area contributed by atoms with Crippen molar-refractivity contribution >= 4 is 24.4 Å². The zero-order chi connectivity index (χ0) is 15.2. The van der Waals surface area contributed by atoms with Crippen molar-refractivity contribution < 1.29 is 17.6 Å². The van der Waals surface area contributed by atoms with E-state index in [1.165, 1.54) is 0 Å². The Morgan fingerprint density at radius 2 is 1.76 bits per heavy atom. The summed E-state index contributed by atoms with van der Waals surface area (Å²) in [4.78, 5) is 12.2. The second kappa shape index (κ2) is 4.86. The number of rotatable bonds is 1. The van der Waals surface area contributed by atoms with Crippen LogP contribution in [-0.4, -0.2) is 18.3 Å². The summed E-state index contributed by atoms with van der Waals surface area (Å²) in [5.41, 5.74) is -1.92. The van der Waals surface area contributed by atoms with Gasteiger partial charge in [0.15, 0.2) is 0 Å². The summed E-state index contributed by atoms with van der Waals surface area (Å²) in [6, 6.07) is 9.03. The molecule has 0 aliphatic carbocycles. The summed E-state index contributed by atoms with van der Waals surface area (Å²) in [5, 5.41) is 0.398. The van der Waals surface area contributed by atoms with Crippen molar-refractivity contribution in [2.45, 2.75) is 6.18 Å². The van der Waals surface area contributed by atoms with E-state index in [9.17, 15) is 22.4 Å². The van der Waals surface area contributed by atoms with Crippen molar-refractivity contribution in [1.29, 1.82) is 0 Å². The Morgan fingerprint density at radius 1 is 1.05 bits per heavy atom. The van der Waals surface area contributed by atoms with Gasteiger partial charge in [-0.1, -0.05) is 0 Å². The number of hydrogen-bond acceptors (Lipinski definition) is 1. The van der Waals surface area contributed by atoms with Crippen molar-refractivity contribution in [2.24, 2.45) is 0 Å². The molecular formula is C14H7F4NOSe. The van der Waals surface area contributed by atoms with Crippen LogP contribution in [0.1, 0.15) is 5.56 Å². The van der Waals surface area contributed by atoms with Crippen molar-refractivity contribution in [3.05, 3.63) is 64.2 Å². The van der Waals surface area contributed by atoms with E-state index in [1.54, 1.807) is 24.3 Å². The SMILES string of the molecule is O=c1c2ccccc2[se]n1-c1ccc(F)cc1C(F)(F)F. The van der Waals surface area contributed by atoms with E-state index in [-0.39, 0.29) is 5.69 Å². The first-order chi connectivity index (χ1) is 9.88. The van der Waals surface area contributed by atoms with Gasteiger partial charge < -0.3 is 0 Å². The molecule has 1 aromatic heterocycles. The Morgan fingerprint density at radius 3 is 2.43 bits per heavy atom. The van der Waals surface area contributed by atoms with E-state index in [4.69, 9.17) is 0 Å². The van der Waals surface area contributed by atoms with Gasteiger partial charge in [-0.25, -0.2) is 0 Å². The van der Waals surface area contributed by atoms with E-state index in [1.807, 2.05) is 0 Å². The third-order valence-corrected chi connectivity index (χ3v) is 5.28. The number of halogens is 4. The molecule has 0 fully saturated rings. The summed E-state index contributed by atoms with van der Waals surface area (Å²) in [6.45, 7) is 0. The molecule has 0 amide bonds. The zero-order valence-corrected chi connectivity index (χ0v) is 12.0. The molecule has 0 bridgehead atoms. The fraction of sp³-hybridized carbons (Fsp3) is 0.0714. The summed E-state index contributed by atoms with van der Waals surface area (Å²) < 4.78 is 54.0. The van der Waals surface area contributed by atoms with Gasteiger partial charge in [-0.05, 0) is 0 Å². The van der Waals surface area contributed by atoms with Gasteiger partial charge in [0.25, 0.3) is 0 Å². The van der Waals surface area contributed by atoms with Crippen LogP contribution in [0.4, 0.5) is 17.6 Å². The van der Waals surface area contributed by atoms with Crippen LogP contribution in [0.3, 0.4) is 0 Å². The van der Waals surface area contributed by atoms with Crippen LogP contribution in [0.5, 0.6) is 0 Å². The van der Waals surface area contributed by atoms with Crippen LogP contribution in [-0.2, 0) is 6.18 Å². The zero-order valence-electron chi connectivity index (χ0n) is 10.3. The third-order valence-electron chi connectivity index (χ3n) is 2.97. The van der Waals surface area contributed by atoms with Crippen molar-refractivity contribution in [2.75, 3.05) is 0 Å². The monoisotopic (exact) mass is 361 g/mol. The second-order valence-corrected chi connectivity index (χ2v) is 6.42. The topological polar surface area (TPSA) is 22.0 Å². The summed E-state index contributed by atoms with van der Waals surface area (Å²) in [6.07, 6.45) is -4.72. The molecule has 0 aliphatic heterocycles. The van der Waals surface area contributed by atoms with Gasteiger partial charge in [-0.3, -0.25) is 0 Å². The van der Waals surface area contributed by atoms with Crippen LogP contribution in [0, 0.1) is 5.82 Å². The summed E-state index contributed by atoms with van der Waals surface area (Å²) in [5.74, 6) is -0.984. The molecule has 1 heterocycles. The Hall–Kier alpha value is -1.85. The van der Waals surface area contributed by atoms with E-state index < -0.39 is 37.8 Å². The molecule has 21 heavy (non-hydrogen) atoms. The number of fused-ring (bicyclic) bond motifs is 1. The molecule has 0 aliphatic rings. The Kier molecular flexibility index (Phi) is 3.26. The van der Waals surface area contributed by atoms with Crippen molar-refractivity contribution in [3.8, 4) is 5.69 Å². The summed E-state index contributed by atoms with van der Waals surface area (Å²) in [7, 11) is 0. The molecule has 2 nitrogen and oxygen atoms in total. The average Bonchev–Trinajstić information content (AvgIpc) is 2.76. The van der Waals surface area contributed by atoms with E-state index >= 15 is 0 Å². The molecule has 2 aromatic carbocycles. The molecule has 3 aromatic rings. The molecule has 7 heteroatoms. The minimum atomic E-state index is -4.72. The van der Waals surface area contributed by atoms with E-state index in [2.05, 4.69) is 0 Å². The quantitative estimate of drug-likeness (QED) is 0.483. The molecule has 0 radical (unpaired) electrons. The number of aromatic nitrogens is 1. The van der Waals surface area contributed by atoms with Gasteiger partial charge in [0.2, 0.25) is 0 Å². The van der Waals surface area contributed by atoms with Gasteiger partial charge in [-0.15, -0.1) is 0 Å². The Balaban J connectivity index is 2.33. The van der Waals surface area contributed by atoms with Crippen molar-refractivity contribution in [3.63, 3.8) is 0 Å². The number of hydrogen-bond donors (Lipinski definition) is 0. The third kappa shape index (κ3) is 2.43. The van der Waals surface area contributed by atoms with Crippen LogP contribution in [0.25, 0.3) is 15.3 Å². The number of alkyl halides is 3. The van der Waals surface area contributed by atoms with Gasteiger partial charge in [0.1, 0.15) is 0 Å². The molecule has 3 rings (SSSR count). The van der Waals surface area contributed by atoms with Gasteiger partial charge in [0.05, 0.1) is 0 Å². The fourth-order valence-electron chi connectivity index (χ4n) is 2.04. The van der Waals surface area contributed by atoms with Gasteiger partial charge in [-0.2, -0.15) is 0 Å². The standard InChI is InChI=1S/C14H7F4NOSe/c15-8-5-6-11(10(7-8)14(16,17)18)19-13(20)9-3-1-2-4-12(9)21-19/h1-7H. The first-order valence-corrected chi connectivity index (χ1v) is 7.48. The van der Waals surface area contributed by atoms with E-state index in [0.29, 0.717) is 15.7 Å². The molecule has 0 saturated heterocycles. The molecule has 0 saturated carbocycles. The minimum absolute atomic E-state index is 0.301. The molecular weight excluding hydrogens is 353 g/mol. The average molecular weight is 360 g/mol. The first-order valence-electron chi connectivity index (χ1n) is 5.86. The predicted octanol–water partition coefficient (Wildman–Crippen LogP) is 3.21. The molecule has 0 N–H and O–H groups in total. The van der Waals surface area contributed by atoms with Gasteiger partial charge >= 0.3 is 122 Å². The van der Waals surface area contributed by atoms with Crippen LogP contribution in [0.2, 0.25) is 0 Å². The predicted molar refractivity (Wildman–Crippen MR) is 71.4 cm³/mol. The molecule has 0 unspecified atom stereocenters. The molecule has 108 valence electrons. The maximum absolute atomic E-state index is 13.1. The number of benzene rings is 2. The molecule has 0 atom stereocenters. The normalized spacial score (nSPS) is 12.0. The van der Waals surface area contributed by atoms with E-state index in [0.717, 1.165) is 15.7 Å².